The van der Waals surface area contributed by atoms with Crippen LogP contribution in [0.1, 0.15) is 17.3 Å². The standard InChI is InChI=1S/C14H14N2O2S/c1-2-18-14(17)10-7-8-16-13(9-10)19-12-5-3-11(15)4-6-12/h3-9H,2,15H2,1H3. The van der Waals surface area contributed by atoms with Gasteiger partial charge in [0.25, 0.3) is 0 Å². The molecule has 0 saturated carbocycles. The van der Waals surface area contributed by atoms with Crippen LogP contribution in [0.2, 0.25) is 0 Å². The lowest BCUT2D eigenvalue weighted by Crippen LogP contribution is -2.04. The molecule has 0 amide bonds. The molecule has 0 saturated heterocycles. The lowest BCUT2D eigenvalue weighted by molar-refractivity contribution is 0.0526. The van der Waals surface area contributed by atoms with Gasteiger partial charge in [0.2, 0.25) is 0 Å². The van der Waals surface area contributed by atoms with Crippen molar-refractivity contribution in [2.24, 2.45) is 0 Å². The Hall–Kier alpha value is -2.01. The van der Waals surface area contributed by atoms with E-state index in [1.165, 1.54) is 11.8 Å². The van der Waals surface area contributed by atoms with E-state index >= 15 is 0 Å². The molecular weight excluding hydrogens is 260 g/mol. The molecule has 0 spiro atoms. The maximum atomic E-state index is 11.6. The molecule has 0 aliphatic rings. The number of hydrogen-bond acceptors (Lipinski definition) is 5. The molecule has 1 aromatic heterocycles. The normalized spacial score (nSPS) is 10.2. The van der Waals surface area contributed by atoms with Gasteiger partial charge in [0.05, 0.1) is 12.2 Å². The van der Waals surface area contributed by atoms with E-state index in [0.29, 0.717) is 12.2 Å². The van der Waals surface area contributed by atoms with E-state index in [0.717, 1.165) is 15.6 Å². The van der Waals surface area contributed by atoms with Gasteiger partial charge in [0.15, 0.2) is 0 Å². The Morgan fingerprint density at radius 1 is 1.32 bits per heavy atom. The van der Waals surface area contributed by atoms with Gasteiger partial charge in [-0.3, -0.25) is 0 Å². The summed E-state index contributed by atoms with van der Waals surface area (Å²) in [7, 11) is 0. The number of ether oxygens (including phenoxy) is 1. The monoisotopic (exact) mass is 274 g/mol. The molecule has 1 heterocycles. The Morgan fingerprint density at radius 3 is 2.74 bits per heavy atom. The van der Waals surface area contributed by atoms with Gasteiger partial charge in [0, 0.05) is 16.8 Å². The number of anilines is 1. The Bertz CT molecular complexity index is 570. The van der Waals surface area contributed by atoms with Crippen molar-refractivity contribution < 1.29 is 9.53 Å². The van der Waals surface area contributed by atoms with E-state index < -0.39 is 0 Å². The van der Waals surface area contributed by atoms with E-state index in [1.54, 1.807) is 25.3 Å². The molecule has 0 fully saturated rings. The first kappa shape index (κ1) is 13.4. The van der Waals surface area contributed by atoms with Crippen LogP contribution < -0.4 is 5.73 Å². The number of nitrogens with two attached hydrogens (primary N) is 1. The van der Waals surface area contributed by atoms with Crippen LogP contribution in [0.5, 0.6) is 0 Å². The smallest absolute Gasteiger partial charge is 0.338 e. The summed E-state index contributed by atoms with van der Waals surface area (Å²) >= 11 is 1.47. The summed E-state index contributed by atoms with van der Waals surface area (Å²) in [5, 5.41) is 0.746. The van der Waals surface area contributed by atoms with Gasteiger partial charge < -0.3 is 10.5 Å². The summed E-state index contributed by atoms with van der Waals surface area (Å²) in [5.74, 6) is -0.330. The fourth-order valence-corrected chi connectivity index (χ4v) is 2.28. The quantitative estimate of drug-likeness (QED) is 0.686. The Labute approximate surface area is 116 Å². The number of aromatic nitrogens is 1. The third-order valence-corrected chi connectivity index (χ3v) is 3.29. The highest BCUT2D eigenvalue weighted by Gasteiger charge is 2.08. The van der Waals surface area contributed by atoms with Crippen LogP contribution in [0.25, 0.3) is 0 Å². The summed E-state index contributed by atoms with van der Waals surface area (Å²) < 4.78 is 4.96. The summed E-state index contributed by atoms with van der Waals surface area (Å²) in [4.78, 5) is 16.9. The van der Waals surface area contributed by atoms with Crippen molar-refractivity contribution in [3.8, 4) is 0 Å². The van der Waals surface area contributed by atoms with Crippen LogP contribution in [0.3, 0.4) is 0 Å². The first-order valence-corrected chi connectivity index (χ1v) is 6.67. The highest BCUT2D eigenvalue weighted by molar-refractivity contribution is 7.99. The second kappa shape index (κ2) is 6.24. The van der Waals surface area contributed by atoms with Crippen LogP contribution >= 0.6 is 11.8 Å². The van der Waals surface area contributed by atoms with Crippen LogP contribution in [0, 0.1) is 0 Å². The highest BCUT2D eigenvalue weighted by atomic mass is 32.2. The SMILES string of the molecule is CCOC(=O)c1ccnc(Sc2ccc(N)cc2)c1. The number of pyridine rings is 1. The molecule has 2 rings (SSSR count). The van der Waals surface area contributed by atoms with E-state index in [2.05, 4.69) is 4.98 Å². The minimum absolute atomic E-state index is 0.330. The van der Waals surface area contributed by atoms with Gasteiger partial charge in [-0.1, -0.05) is 11.8 Å². The topological polar surface area (TPSA) is 65.2 Å². The van der Waals surface area contributed by atoms with Crippen LogP contribution in [0.15, 0.2) is 52.5 Å². The Kier molecular flexibility index (Phi) is 4.41. The predicted octanol–water partition coefficient (Wildman–Crippen LogP) is 2.99. The van der Waals surface area contributed by atoms with Crippen molar-refractivity contribution in [2.75, 3.05) is 12.3 Å². The maximum absolute atomic E-state index is 11.6. The van der Waals surface area contributed by atoms with Gasteiger partial charge in [-0.05, 0) is 43.3 Å². The third kappa shape index (κ3) is 3.72. The second-order valence-electron chi connectivity index (χ2n) is 3.77. The largest absolute Gasteiger partial charge is 0.462 e. The Morgan fingerprint density at radius 2 is 2.05 bits per heavy atom. The Balaban J connectivity index is 2.15. The van der Waals surface area contributed by atoms with Crippen LogP contribution in [0.4, 0.5) is 5.69 Å². The van der Waals surface area contributed by atoms with E-state index in [1.807, 2.05) is 24.3 Å². The number of esters is 1. The molecular formula is C14H14N2O2S. The molecule has 5 heteroatoms. The van der Waals surface area contributed by atoms with Crippen LogP contribution in [-0.2, 0) is 4.74 Å². The molecule has 4 nitrogen and oxygen atoms in total. The number of nitrogen functional groups attached to an aromatic ring is 1. The zero-order chi connectivity index (χ0) is 13.7. The molecule has 0 unspecified atom stereocenters. The zero-order valence-corrected chi connectivity index (χ0v) is 11.3. The second-order valence-corrected chi connectivity index (χ2v) is 4.87. The molecule has 19 heavy (non-hydrogen) atoms. The first-order valence-electron chi connectivity index (χ1n) is 5.85. The number of nitrogens with zero attached hydrogens (tertiary/aromatic N) is 1. The molecule has 0 bridgehead atoms. The van der Waals surface area contributed by atoms with Crippen LogP contribution in [-0.4, -0.2) is 17.6 Å². The van der Waals surface area contributed by atoms with E-state index in [9.17, 15) is 4.79 Å². The molecule has 0 aliphatic heterocycles. The third-order valence-electron chi connectivity index (χ3n) is 2.35. The number of carbonyl (C=O) groups excluding carboxylic acids is 1. The van der Waals surface area contributed by atoms with Crippen molar-refractivity contribution in [3.63, 3.8) is 0 Å². The molecule has 0 aliphatic carbocycles. The van der Waals surface area contributed by atoms with Gasteiger partial charge in [-0.15, -0.1) is 0 Å². The molecule has 98 valence electrons. The number of hydrogen-bond donors (Lipinski definition) is 1. The van der Waals surface area contributed by atoms with E-state index in [-0.39, 0.29) is 5.97 Å². The fourth-order valence-electron chi connectivity index (χ4n) is 1.46. The van der Waals surface area contributed by atoms with Crippen molar-refractivity contribution in [2.45, 2.75) is 16.8 Å². The predicted molar refractivity (Wildman–Crippen MR) is 75.2 cm³/mol. The lowest BCUT2D eigenvalue weighted by Gasteiger charge is -2.04. The average molecular weight is 274 g/mol. The summed E-state index contributed by atoms with van der Waals surface area (Å²) in [6, 6.07) is 10.9. The lowest BCUT2D eigenvalue weighted by atomic mass is 10.3. The maximum Gasteiger partial charge on any atom is 0.338 e. The first-order chi connectivity index (χ1) is 9.19. The van der Waals surface area contributed by atoms with Crippen molar-refractivity contribution in [1.82, 2.24) is 4.98 Å². The molecule has 2 N–H and O–H groups in total. The molecule has 2 aromatic rings. The van der Waals surface area contributed by atoms with Gasteiger partial charge in [0.1, 0.15) is 5.03 Å². The molecule has 0 radical (unpaired) electrons. The summed E-state index contributed by atoms with van der Waals surface area (Å²) in [6.07, 6.45) is 1.60. The molecule has 1 aromatic carbocycles. The zero-order valence-electron chi connectivity index (χ0n) is 10.5. The van der Waals surface area contributed by atoms with Crippen molar-refractivity contribution >= 4 is 23.4 Å². The van der Waals surface area contributed by atoms with E-state index in [4.69, 9.17) is 10.5 Å². The number of benzene rings is 1. The van der Waals surface area contributed by atoms with Gasteiger partial charge in [-0.2, -0.15) is 0 Å². The average Bonchev–Trinajstić information content (AvgIpc) is 2.42. The highest BCUT2D eigenvalue weighted by Crippen LogP contribution is 2.27. The summed E-state index contributed by atoms with van der Waals surface area (Å²) in [5.41, 5.74) is 6.86. The number of rotatable bonds is 4. The van der Waals surface area contributed by atoms with Gasteiger partial charge >= 0.3 is 5.97 Å². The van der Waals surface area contributed by atoms with Crippen molar-refractivity contribution in [3.05, 3.63) is 48.2 Å². The van der Waals surface area contributed by atoms with Gasteiger partial charge in [-0.25, -0.2) is 9.78 Å². The fraction of sp³-hybridized carbons (Fsp3) is 0.143. The minimum Gasteiger partial charge on any atom is -0.462 e. The summed E-state index contributed by atoms with van der Waals surface area (Å²) in [6.45, 7) is 2.14. The molecule has 0 atom stereocenters. The minimum atomic E-state index is -0.330. The van der Waals surface area contributed by atoms with Crippen molar-refractivity contribution in [1.29, 1.82) is 0 Å². The number of carbonyl (C=O) groups is 1.